The number of carbonyl (C=O) groups is 1. The molecule has 1 aromatic carbocycles. The van der Waals surface area contributed by atoms with E-state index in [-0.39, 0.29) is 30.4 Å². The van der Waals surface area contributed by atoms with Crippen molar-refractivity contribution in [3.05, 3.63) is 27.8 Å². The quantitative estimate of drug-likeness (QED) is 0.461. The van der Waals surface area contributed by atoms with Crippen LogP contribution >= 0.6 is 0 Å². The zero-order valence-electron chi connectivity index (χ0n) is 16.6. The Morgan fingerprint density at radius 3 is 2.34 bits per heavy atom. The maximum atomic E-state index is 12.1. The molecule has 11 nitrogen and oxygen atoms in total. The Balaban J connectivity index is 1.88. The minimum Gasteiger partial charge on any atom is -0.493 e. The molecule has 0 spiro atoms. The van der Waals surface area contributed by atoms with E-state index in [4.69, 9.17) is 9.47 Å². The topological polar surface area (TPSA) is 140 Å². The lowest BCUT2D eigenvalue weighted by atomic mass is 10.1. The number of urea groups is 1. The van der Waals surface area contributed by atoms with Gasteiger partial charge in [0, 0.05) is 31.2 Å². The van der Waals surface area contributed by atoms with Gasteiger partial charge in [-0.05, 0) is 25.3 Å². The molecule has 29 heavy (non-hydrogen) atoms. The van der Waals surface area contributed by atoms with Crippen molar-refractivity contribution in [3.8, 4) is 11.5 Å². The van der Waals surface area contributed by atoms with Gasteiger partial charge in [0.1, 0.15) is 0 Å². The summed E-state index contributed by atoms with van der Waals surface area (Å²) in [5.74, 6) is 0.629. The van der Waals surface area contributed by atoms with Crippen LogP contribution in [0.4, 0.5) is 10.5 Å². The van der Waals surface area contributed by atoms with Crippen molar-refractivity contribution in [1.82, 2.24) is 14.9 Å². The lowest BCUT2D eigenvalue weighted by molar-refractivity contribution is -0.385. The van der Waals surface area contributed by atoms with Crippen LogP contribution in [-0.4, -0.2) is 69.8 Å². The molecule has 1 fully saturated rings. The summed E-state index contributed by atoms with van der Waals surface area (Å²) < 4.78 is 34.7. The molecule has 0 aromatic heterocycles. The van der Waals surface area contributed by atoms with Crippen molar-refractivity contribution < 1.29 is 27.6 Å². The van der Waals surface area contributed by atoms with E-state index >= 15 is 0 Å². The molecule has 1 heterocycles. The fourth-order valence-corrected chi connectivity index (χ4v) is 4.03. The van der Waals surface area contributed by atoms with Gasteiger partial charge in [0.05, 0.1) is 31.5 Å². The Morgan fingerprint density at radius 2 is 1.83 bits per heavy atom. The average Bonchev–Trinajstić information content (AvgIpc) is 2.67. The van der Waals surface area contributed by atoms with Gasteiger partial charge >= 0.3 is 6.03 Å². The highest BCUT2D eigenvalue weighted by atomic mass is 32.2. The van der Waals surface area contributed by atoms with Crippen LogP contribution in [0, 0.1) is 10.1 Å². The van der Waals surface area contributed by atoms with Crippen LogP contribution in [0.1, 0.15) is 18.4 Å². The van der Waals surface area contributed by atoms with E-state index < -0.39 is 21.0 Å². The lowest BCUT2D eigenvalue weighted by Gasteiger charge is -2.30. The monoisotopic (exact) mass is 430 g/mol. The molecule has 2 rings (SSSR count). The minimum atomic E-state index is -3.21. The number of nitro groups is 1. The molecule has 162 valence electrons. The van der Waals surface area contributed by atoms with Gasteiger partial charge < -0.3 is 20.1 Å². The van der Waals surface area contributed by atoms with E-state index in [1.54, 1.807) is 0 Å². The minimum absolute atomic E-state index is 0.113. The number of ether oxygens (including phenoxy) is 2. The molecule has 1 aliphatic rings. The highest BCUT2D eigenvalue weighted by molar-refractivity contribution is 7.88. The van der Waals surface area contributed by atoms with Crippen LogP contribution in [0.25, 0.3) is 0 Å². The summed E-state index contributed by atoms with van der Waals surface area (Å²) in [6, 6.07) is 2.30. The van der Waals surface area contributed by atoms with E-state index in [1.807, 2.05) is 0 Å². The smallest absolute Gasteiger partial charge is 0.315 e. The van der Waals surface area contributed by atoms with Gasteiger partial charge in [0.2, 0.25) is 10.0 Å². The summed E-state index contributed by atoms with van der Waals surface area (Å²) >= 11 is 0. The van der Waals surface area contributed by atoms with E-state index in [1.165, 1.54) is 36.9 Å². The van der Waals surface area contributed by atoms with Gasteiger partial charge in [0.25, 0.3) is 5.69 Å². The maximum Gasteiger partial charge on any atom is 0.315 e. The van der Waals surface area contributed by atoms with Crippen LogP contribution in [-0.2, 0) is 16.4 Å². The highest BCUT2D eigenvalue weighted by Crippen LogP contribution is 2.34. The van der Waals surface area contributed by atoms with Gasteiger partial charge in [-0.2, -0.15) is 0 Å². The summed E-state index contributed by atoms with van der Waals surface area (Å²) in [5, 5.41) is 16.8. The Kier molecular flexibility index (Phi) is 7.62. The summed E-state index contributed by atoms with van der Waals surface area (Å²) in [5.41, 5.74) is 0.299. The third kappa shape index (κ3) is 6.19. The maximum absolute atomic E-state index is 12.1. The van der Waals surface area contributed by atoms with E-state index in [9.17, 15) is 23.3 Å². The average molecular weight is 430 g/mol. The fraction of sp³-hybridized carbons (Fsp3) is 0.588. The molecule has 0 saturated carbocycles. The van der Waals surface area contributed by atoms with Crippen molar-refractivity contribution in [1.29, 1.82) is 0 Å². The molecule has 0 unspecified atom stereocenters. The number of nitrogens with zero attached hydrogens (tertiary/aromatic N) is 2. The molecule has 0 bridgehead atoms. The number of methoxy groups -OCH3 is 2. The first kappa shape index (κ1) is 22.7. The molecule has 0 aliphatic carbocycles. The molecule has 0 radical (unpaired) electrons. The number of amides is 2. The first-order valence-corrected chi connectivity index (χ1v) is 10.9. The first-order chi connectivity index (χ1) is 13.7. The number of benzene rings is 1. The first-order valence-electron chi connectivity index (χ1n) is 9.04. The number of sulfonamides is 1. The summed E-state index contributed by atoms with van der Waals surface area (Å²) in [7, 11) is -0.379. The number of rotatable bonds is 8. The van der Waals surface area contributed by atoms with Gasteiger partial charge in [-0.3, -0.25) is 10.1 Å². The number of piperidine rings is 1. The van der Waals surface area contributed by atoms with Gasteiger partial charge in [0.15, 0.2) is 11.5 Å². The van der Waals surface area contributed by atoms with Crippen LogP contribution in [0.3, 0.4) is 0 Å². The predicted octanol–water partition coefficient (Wildman–Crippen LogP) is 0.878. The van der Waals surface area contributed by atoms with Crippen molar-refractivity contribution in [2.24, 2.45) is 0 Å². The number of carbonyl (C=O) groups excluding carboxylic acids is 1. The molecular formula is C17H26N4O7S. The van der Waals surface area contributed by atoms with Crippen molar-refractivity contribution >= 4 is 21.7 Å². The van der Waals surface area contributed by atoms with Crippen LogP contribution in [0.15, 0.2) is 12.1 Å². The lowest BCUT2D eigenvalue weighted by Crippen LogP contribution is -2.49. The van der Waals surface area contributed by atoms with E-state index in [2.05, 4.69) is 10.6 Å². The van der Waals surface area contributed by atoms with E-state index in [0.29, 0.717) is 37.2 Å². The molecule has 12 heteroatoms. The third-order valence-corrected chi connectivity index (χ3v) is 6.02. The summed E-state index contributed by atoms with van der Waals surface area (Å²) in [6.45, 7) is 0.910. The zero-order valence-corrected chi connectivity index (χ0v) is 17.5. The molecule has 2 amide bonds. The van der Waals surface area contributed by atoms with Gasteiger partial charge in [-0.15, -0.1) is 0 Å². The van der Waals surface area contributed by atoms with Crippen molar-refractivity contribution in [2.75, 3.05) is 40.1 Å². The molecule has 1 aliphatic heterocycles. The molecule has 1 saturated heterocycles. The second-order valence-electron chi connectivity index (χ2n) is 6.68. The number of nitrogens with one attached hydrogen (secondary N) is 2. The second kappa shape index (κ2) is 9.74. The molecule has 1 aromatic rings. The highest BCUT2D eigenvalue weighted by Gasteiger charge is 2.26. The van der Waals surface area contributed by atoms with Gasteiger partial charge in [-0.25, -0.2) is 17.5 Å². The summed E-state index contributed by atoms with van der Waals surface area (Å²) in [4.78, 5) is 22.9. The number of hydrogen-bond donors (Lipinski definition) is 2. The Morgan fingerprint density at radius 1 is 1.24 bits per heavy atom. The second-order valence-corrected chi connectivity index (χ2v) is 8.66. The number of nitro benzene ring substituents is 1. The Bertz CT molecular complexity index is 852. The predicted molar refractivity (Wildman–Crippen MR) is 106 cm³/mol. The molecular weight excluding hydrogens is 404 g/mol. The summed E-state index contributed by atoms with van der Waals surface area (Å²) in [6.07, 6.45) is 2.46. The van der Waals surface area contributed by atoms with Gasteiger partial charge in [-0.1, -0.05) is 0 Å². The van der Waals surface area contributed by atoms with Crippen molar-refractivity contribution in [3.63, 3.8) is 0 Å². The molecule has 0 atom stereocenters. The van der Waals surface area contributed by atoms with E-state index in [0.717, 1.165) is 0 Å². The fourth-order valence-electron chi connectivity index (χ4n) is 3.16. The number of hydrogen-bond acceptors (Lipinski definition) is 7. The van der Waals surface area contributed by atoms with Crippen LogP contribution < -0.4 is 20.1 Å². The SMILES string of the molecule is COc1cc(CCNC(=O)NC2CCN(S(C)(=O)=O)CC2)c([N+](=O)[O-])cc1OC. The Hall–Kier alpha value is -2.60. The largest absolute Gasteiger partial charge is 0.493 e. The normalized spacial score (nSPS) is 15.6. The van der Waals surface area contributed by atoms with Crippen molar-refractivity contribution in [2.45, 2.75) is 25.3 Å². The Labute approximate surface area is 169 Å². The third-order valence-electron chi connectivity index (χ3n) is 4.72. The molecule has 2 N–H and O–H groups in total. The zero-order chi connectivity index (χ0) is 21.6. The van der Waals surface area contributed by atoms with Crippen LogP contribution in [0.2, 0.25) is 0 Å². The standard InChI is InChI=1S/C17H26N4O7S/c1-27-15-10-12(14(21(23)24)11-16(15)28-2)4-7-18-17(22)19-13-5-8-20(9-6-13)29(3,25)26/h10-11,13H,4-9H2,1-3H3,(H2,18,19,22). The van der Waals surface area contributed by atoms with Crippen LogP contribution in [0.5, 0.6) is 11.5 Å².